The van der Waals surface area contributed by atoms with E-state index in [0.717, 1.165) is 16.9 Å². The lowest BCUT2D eigenvalue weighted by atomic mass is 10.1. The van der Waals surface area contributed by atoms with E-state index < -0.39 is 0 Å². The first-order chi connectivity index (χ1) is 11.2. The van der Waals surface area contributed by atoms with Crippen LogP contribution in [0.2, 0.25) is 0 Å². The molecule has 0 aliphatic heterocycles. The van der Waals surface area contributed by atoms with Crippen molar-refractivity contribution in [3.63, 3.8) is 0 Å². The van der Waals surface area contributed by atoms with Crippen molar-refractivity contribution < 1.29 is 9.18 Å². The van der Waals surface area contributed by atoms with Gasteiger partial charge in [-0.2, -0.15) is 5.10 Å². The van der Waals surface area contributed by atoms with Gasteiger partial charge in [-0.05, 0) is 48.4 Å². The molecule has 0 fully saturated rings. The standard InChI is InChI=1S/C17H15FN4O/c18-14-4-1-13(2-5-14)3-10-17(23)21-15-6-8-16(9-7-15)22-12-19-11-20-22/h1-2,4-9,11-12H,3,10H2,(H,21,23). The molecule has 0 saturated heterocycles. The Morgan fingerprint density at radius 1 is 1.09 bits per heavy atom. The van der Waals surface area contributed by atoms with Gasteiger partial charge in [0.25, 0.3) is 0 Å². The van der Waals surface area contributed by atoms with E-state index in [1.54, 1.807) is 23.1 Å². The average molecular weight is 310 g/mol. The lowest BCUT2D eigenvalue weighted by Crippen LogP contribution is -2.12. The predicted molar refractivity (Wildman–Crippen MR) is 84.7 cm³/mol. The van der Waals surface area contributed by atoms with Gasteiger partial charge < -0.3 is 5.32 Å². The molecule has 0 saturated carbocycles. The van der Waals surface area contributed by atoms with E-state index in [4.69, 9.17) is 0 Å². The number of halogens is 1. The van der Waals surface area contributed by atoms with Crippen molar-refractivity contribution in [3.8, 4) is 5.69 Å². The summed E-state index contributed by atoms with van der Waals surface area (Å²) < 4.78 is 14.5. The third kappa shape index (κ3) is 4.00. The molecule has 0 aliphatic carbocycles. The topological polar surface area (TPSA) is 59.8 Å². The monoisotopic (exact) mass is 310 g/mol. The highest BCUT2D eigenvalue weighted by molar-refractivity contribution is 5.90. The maximum absolute atomic E-state index is 12.8. The number of nitrogens with zero attached hydrogens (tertiary/aromatic N) is 3. The first kappa shape index (κ1) is 14.9. The number of amides is 1. The largest absolute Gasteiger partial charge is 0.326 e. The fourth-order valence-corrected chi connectivity index (χ4v) is 2.17. The number of nitrogens with one attached hydrogen (secondary N) is 1. The van der Waals surface area contributed by atoms with Gasteiger partial charge in [0, 0.05) is 12.1 Å². The summed E-state index contributed by atoms with van der Waals surface area (Å²) in [7, 11) is 0. The number of benzene rings is 2. The van der Waals surface area contributed by atoms with Gasteiger partial charge >= 0.3 is 0 Å². The highest BCUT2D eigenvalue weighted by Crippen LogP contribution is 2.13. The number of rotatable bonds is 5. The molecule has 0 radical (unpaired) electrons. The molecule has 0 unspecified atom stereocenters. The third-order valence-electron chi connectivity index (χ3n) is 3.39. The molecule has 3 aromatic rings. The molecule has 2 aromatic carbocycles. The van der Waals surface area contributed by atoms with E-state index in [-0.39, 0.29) is 11.7 Å². The quantitative estimate of drug-likeness (QED) is 0.788. The van der Waals surface area contributed by atoms with E-state index in [2.05, 4.69) is 15.4 Å². The van der Waals surface area contributed by atoms with Crippen LogP contribution in [0.4, 0.5) is 10.1 Å². The van der Waals surface area contributed by atoms with E-state index in [1.165, 1.54) is 18.5 Å². The molecule has 1 heterocycles. The molecule has 5 nitrogen and oxygen atoms in total. The summed E-state index contributed by atoms with van der Waals surface area (Å²) >= 11 is 0. The van der Waals surface area contributed by atoms with E-state index in [0.29, 0.717) is 12.8 Å². The van der Waals surface area contributed by atoms with Gasteiger partial charge in [0.05, 0.1) is 5.69 Å². The molecule has 0 atom stereocenters. The predicted octanol–water partition coefficient (Wildman–Crippen LogP) is 2.98. The molecule has 23 heavy (non-hydrogen) atoms. The van der Waals surface area contributed by atoms with Gasteiger partial charge in [-0.1, -0.05) is 12.1 Å². The van der Waals surface area contributed by atoms with Gasteiger partial charge in [-0.15, -0.1) is 0 Å². The minimum atomic E-state index is -0.273. The van der Waals surface area contributed by atoms with Crippen molar-refractivity contribution in [2.24, 2.45) is 0 Å². The lowest BCUT2D eigenvalue weighted by molar-refractivity contribution is -0.116. The van der Waals surface area contributed by atoms with Crippen LogP contribution in [-0.4, -0.2) is 20.7 Å². The van der Waals surface area contributed by atoms with Crippen molar-refractivity contribution in [3.05, 3.63) is 72.6 Å². The SMILES string of the molecule is O=C(CCc1ccc(F)cc1)Nc1ccc(-n2cncn2)cc1. The van der Waals surface area contributed by atoms with Gasteiger partial charge in [-0.25, -0.2) is 14.1 Å². The Bertz CT molecular complexity index is 767. The van der Waals surface area contributed by atoms with Gasteiger partial charge in [0.2, 0.25) is 5.91 Å². The molecule has 3 rings (SSSR count). The van der Waals surface area contributed by atoms with Gasteiger partial charge in [0.15, 0.2) is 0 Å². The van der Waals surface area contributed by atoms with Crippen LogP contribution in [0.15, 0.2) is 61.2 Å². The third-order valence-corrected chi connectivity index (χ3v) is 3.39. The number of carbonyl (C=O) groups is 1. The Morgan fingerprint density at radius 3 is 2.48 bits per heavy atom. The summed E-state index contributed by atoms with van der Waals surface area (Å²) in [6.07, 6.45) is 3.99. The number of anilines is 1. The van der Waals surface area contributed by atoms with Crippen molar-refractivity contribution in [1.82, 2.24) is 14.8 Å². The highest BCUT2D eigenvalue weighted by Gasteiger charge is 2.04. The summed E-state index contributed by atoms with van der Waals surface area (Å²) in [5, 5.41) is 6.88. The Balaban J connectivity index is 1.54. The minimum absolute atomic E-state index is 0.0807. The maximum atomic E-state index is 12.8. The fourth-order valence-electron chi connectivity index (χ4n) is 2.17. The van der Waals surface area contributed by atoms with Gasteiger partial charge in [0.1, 0.15) is 18.5 Å². The van der Waals surface area contributed by atoms with Crippen LogP contribution in [0.1, 0.15) is 12.0 Å². The van der Waals surface area contributed by atoms with Crippen LogP contribution >= 0.6 is 0 Å². The highest BCUT2D eigenvalue weighted by atomic mass is 19.1. The zero-order valence-corrected chi connectivity index (χ0v) is 12.3. The van der Waals surface area contributed by atoms with E-state index in [9.17, 15) is 9.18 Å². The normalized spacial score (nSPS) is 10.5. The second kappa shape index (κ2) is 6.83. The van der Waals surface area contributed by atoms with Crippen LogP contribution in [0.5, 0.6) is 0 Å². The van der Waals surface area contributed by atoms with Crippen LogP contribution < -0.4 is 5.32 Å². The lowest BCUT2D eigenvalue weighted by Gasteiger charge is -2.07. The Hall–Kier alpha value is -3.02. The summed E-state index contributed by atoms with van der Waals surface area (Å²) in [6, 6.07) is 13.5. The molecule has 1 aromatic heterocycles. The molecule has 0 bridgehead atoms. The van der Waals surface area contributed by atoms with E-state index >= 15 is 0 Å². The van der Waals surface area contributed by atoms with Crippen LogP contribution in [0, 0.1) is 5.82 Å². The summed E-state index contributed by atoms with van der Waals surface area (Å²) in [6.45, 7) is 0. The smallest absolute Gasteiger partial charge is 0.224 e. The summed E-state index contributed by atoms with van der Waals surface area (Å²) in [4.78, 5) is 15.8. The zero-order chi connectivity index (χ0) is 16.1. The Morgan fingerprint density at radius 2 is 1.83 bits per heavy atom. The molecular weight excluding hydrogens is 295 g/mol. The first-order valence-corrected chi connectivity index (χ1v) is 7.20. The van der Waals surface area contributed by atoms with Crippen LogP contribution in [0.3, 0.4) is 0 Å². The average Bonchev–Trinajstić information content (AvgIpc) is 3.09. The van der Waals surface area contributed by atoms with Gasteiger partial charge in [-0.3, -0.25) is 4.79 Å². The maximum Gasteiger partial charge on any atom is 0.224 e. The Labute approximate surface area is 132 Å². The Kier molecular flexibility index (Phi) is 4.42. The molecule has 0 spiro atoms. The molecular formula is C17H15FN4O. The van der Waals surface area contributed by atoms with Crippen molar-refractivity contribution in [1.29, 1.82) is 0 Å². The molecule has 116 valence electrons. The fraction of sp³-hybridized carbons (Fsp3) is 0.118. The van der Waals surface area contributed by atoms with E-state index in [1.807, 2.05) is 24.3 Å². The van der Waals surface area contributed by atoms with Crippen molar-refractivity contribution in [2.45, 2.75) is 12.8 Å². The minimum Gasteiger partial charge on any atom is -0.326 e. The van der Waals surface area contributed by atoms with Crippen LogP contribution in [-0.2, 0) is 11.2 Å². The van der Waals surface area contributed by atoms with Crippen molar-refractivity contribution >= 4 is 11.6 Å². The second-order valence-corrected chi connectivity index (χ2v) is 5.06. The summed E-state index contributed by atoms with van der Waals surface area (Å²) in [5.41, 5.74) is 2.52. The number of hydrogen-bond donors (Lipinski definition) is 1. The number of carbonyl (C=O) groups excluding carboxylic acids is 1. The number of hydrogen-bond acceptors (Lipinski definition) is 3. The number of aryl methyl sites for hydroxylation is 1. The first-order valence-electron chi connectivity index (χ1n) is 7.20. The molecule has 6 heteroatoms. The molecule has 0 aliphatic rings. The zero-order valence-electron chi connectivity index (χ0n) is 12.3. The van der Waals surface area contributed by atoms with Crippen molar-refractivity contribution in [2.75, 3.05) is 5.32 Å². The van der Waals surface area contributed by atoms with Crippen LogP contribution in [0.25, 0.3) is 5.69 Å². The number of aromatic nitrogens is 3. The summed E-state index contributed by atoms with van der Waals surface area (Å²) in [5.74, 6) is -0.353. The molecule has 1 N–H and O–H groups in total. The molecule has 1 amide bonds. The second-order valence-electron chi connectivity index (χ2n) is 5.06.